The van der Waals surface area contributed by atoms with Crippen LogP contribution in [0.1, 0.15) is 34.5 Å². The lowest BCUT2D eigenvalue weighted by molar-refractivity contribution is 0.0951. The zero-order chi connectivity index (χ0) is 17.2. The van der Waals surface area contributed by atoms with Crippen LogP contribution in [0.4, 0.5) is 0 Å². The molecular weight excluding hydrogens is 316 g/mol. The number of amides is 1. The number of pyridine rings is 1. The van der Waals surface area contributed by atoms with Gasteiger partial charge in [-0.05, 0) is 49.4 Å². The van der Waals surface area contributed by atoms with Crippen molar-refractivity contribution in [2.45, 2.75) is 31.7 Å². The number of nitrogens with one attached hydrogen (secondary N) is 1. The molecule has 1 N–H and O–H groups in total. The molecule has 1 aromatic heterocycles. The van der Waals surface area contributed by atoms with Gasteiger partial charge in [-0.25, -0.2) is 0 Å². The Kier molecular flexibility index (Phi) is 4.30. The molecule has 1 saturated carbocycles. The van der Waals surface area contributed by atoms with Crippen molar-refractivity contribution in [3.63, 3.8) is 0 Å². The number of aromatic nitrogens is 1. The van der Waals surface area contributed by atoms with Gasteiger partial charge in [0.25, 0.3) is 5.91 Å². The van der Waals surface area contributed by atoms with Gasteiger partial charge in [0.15, 0.2) is 0 Å². The summed E-state index contributed by atoms with van der Waals surface area (Å²) in [6.45, 7) is 0.653. The minimum atomic E-state index is 0.00323. The second kappa shape index (κ2) is 6.75. The Morgan fingerprint density at radius 1 is 1.32 bits per heavy atom. The molecule has 0 spiro atoms. The van der Waals surface area contributed by atoms with Gasteiger partial charge in [0.2, 0.25) is 0 Å². The molecule has 0 saturated heterocycles. The van der Waals surface area contributed by atoms with E-state index in [-0.39, 0.29) is 5.91 Å². The number of nitrogens with zero attached hydrogens (tertiary/aromatic N) is 1. The zero-order valence-electron chi connectivity index (χ0n) is 14.3. The fourth-order valence-electron chi connectivity index (χ4n) is 3.20. The number of carbonyl (C=O) groups is 1. The largest absolute Gasteiger partial charge is 0.497 e. The van der Waals surface area contributed by atoms with Crippen LogP contribution in [-0.4, -0.2) is 30.6 Å². The normalized spacial score (nSPS) is 18.8. The van der Waals surface area contributed by atoms with Crippen LogP contribution in [0.15, 0.2) is 36.5 Å². The smallest absolute Gasteiger partial charge is 0.251 e. The monoisotopic (exact) mass is 338 g/mol. The van der Waals surface area contributed by atoms with Gasteiger partial charge >= 0.3 is 0 Å². The third kappa shape index (κ3) is 3.76. The van der Waals surface area contributed by atoms with E-state index in [1.807, 2.05) is 18.2 Å². The quantitative estimate of drug-likeness (QED) is 0.911. The number of fused-ring (bicyclic) bond motifs is 1. The summed E-state index contributed by atoms with van der Waals surface area (Å²) in [5.74, 6) is 2.08. The maximum Gasteiger partial charge on any atom is 0.251 e. The minimum absolute atomic E-state index is 0.00323. The van der Waals surface area contributed by atoms with E-state index in [2.05, 4.69) is 16.4 Å². The van der Waals surface area contributed by atoms with Crippen LogP contribution in [0.5, 0.6) is 11.5 Å². The zero-order valence-corrected chi connectivity index (χ0v) is 14.3. The number of methoxy groups -OCH3 is 1. The van der Waals surface area contributed by atoms with Gasteiger partial charge in [-0.1, -0.05) is 6.07 Å². The van der Waals surface area contributed by atoms with Crippen LogP contribution in [0, 0.1) is 5.92 Å². The molecule has 2 aromatic rings. The number of hydrogen-bond acceptors (Lipinski definition) is 4. The van der Waals surface area contributed by atoms with Crippen molar-refractivity contribution in [2.75, 3.05) is 13.7 Å². The Morgan fingerprint density at radius 2 is 2.20 bits per heavy atom. The molecule has 25 heavy (non-hydrogen) atoms. The molecule has 0 radical (unpaired) electrons. The number of carbonyl (C=O) groups excluding carboxylic acids is 1. The highest BCUT2D eigenvalue weighted by atomic mass is 16.5. The third-order valence-corrected chi connectivity index (χ3v) is 4.75. The van der Waals surface area contributed by atoms with E-state index in [1.165, 1.54) is 5.56 Å². The van der Waals surface area contributed by atoms with E-state index in [0.717, 1.165) is 42.9 Å². The van der Waals surface area contributed by atoms with Crippen LogP contribution in [0.3, 0.4) is 0 Å². The molecule has 5 heteroatoms. The highest BCUT2D eigenvalue weighted by Crippen LogP contribution is 2.32. The first-order chi connectivity index (χ1) is 12.2. The standard InChI is InChI=1S/C20H22N2O3/c1-24-18-5-2-14-8-13(12-25-19(14)11-18)9-17-10-15(6-7-21-17)20(23)22-16-3-4-16/h2,5-7,10-11,13,16H,3-4,8-9,12H2,1H3,(H,22,23)/t13-/m1/s1. The maximum absolute atomic E-state index is 12.2. The minimum Gasteiger partial charge on any atom is -0.497 e. The molecule has 1 fully saturated rings. The van der Waals surface area contributed by atoms with Gasteiger partial charge in [0, 0.05) is 35.5 Å². The average molecular weight is 338 g/mol. The Balaban J connectivity index is 1.42. The molecule has 1 aliphatic heterocycles. The predicted octanol–water partition coefficient (Wildman–Crippen LogP) is 2.78. The van der Waals surface area contributed by atoms with Crippen molar-refractivity contribution in [1.82, 2.24) is 10.3 Å². The van der Waals surface area contributed by atoms with E-state index in [9.17, 15) is 4.79 Å². The summed E-state index contributed by atoms with van der Waals surface area (Å²) in [4.78, 5) is 16.6. The highest BCUT2D eigenvalue weighted by Gasteiger charge is 2.25. The van der Waals surface area contributed by atoms with Gasteiger partial charge in [-0.2, -0.15) is 0 Å². The van der Waals surface area contributed by atoms with E-state index in [0.29, 0.717) is 24.1 Å². The second-order valence-corrected chi connectivity index (χ2v) is 6.84. The van der Waals surface area contributed by atoms with Crippen molar-refractivity contribution in [3.05, 3.63) is 53.3 Å². The molecule has 2 heterocycles. The number of hydrogen-bond donors (Lipinski definition) is 1. The SMILES string of the molecule is COc1ccc2c(c1)OC[C@@H](Cc1cc(C(=O)NC3CC3)ccn1)C2. The van der Waals surface area contributed by atoms with Crippen LogP contribution in [-0.2, 0) is 12.8 Å². The lowest BCUT2D eigenvalue weighted by Gasteiger charge is -2.25. The van der Waals surface area contributed by atoms with Gasteiger partial charge in [0.1, 0.15) is 11.5 Å². The molecular formula is C20H22N2O3. The predicted molar refractivity (Wildman–Crippen MR) is 94.1 cm³/mol. The van der Waals surface area contributed by atoms with Crippen molar-refractivity contribution in [2.24, 2.45) is 5.92 Å². The van der Waals surface area contributed by atoms with Gasteiger partial charge in [0.05, 0.1) is 13.7 Å². The van der Waals surface area contributed by atoms with E-state index in [4.69, 9.17) is 9.47 Å². The van der Waals surface area contributed by atoms with Crippen LogP contribution in [0.2, 0.25) is 0 Å². The first kappa shape index (κ1) is 15.9. The van der Waals surface area contributed by atoms with Crippen molar-refractivity contribution >= 4 is 5.91 Å². The molecule has 4 rings (SSSR count). The molecule has 1 amide bonds. The number of ether oxygens (including phenoxy) is 2. The van der Waals surface area contributed by atoms with Crippen molar-refractivity contribution in [3.8, 4) is 11.5 Å². The van der Waals surface area contributed by atoms with Crippen molar-refractivity contribution in [1.29, 1.82) is 0 Å². The fourth-order valence-corrected chi connectivity index (χ4v) is 3.20. The molecule has 1 aromatic carbocycles. The topological polar surface area (TPSA) is 60.5 Å². The van der Waals surface area contributed by atoms with Crippen LogP contribution in [0.25, 0.3) is 0 Å². The Hall–Kier alpha value is -2.56. The summed E-state index contributed by atoms with van der Waals surface area (Å²) in [6, 6.07) is 10.0. The lowest BCUT2D eigenvalue weighted by Crippen LogP contribution is -2.26. The van der Waals surface area contributed by atoms with E-state index < -0.39 is 0 Å². The Morgan fingerprint density at radius 3 is 3.00 bits per heavy atom. The summed E-state index contributed by atoms with van der Waals surface area (Å²) in [7, 11) is 1.66. The molecule has 5 nitrogen and oxygen atoms in total. The Bertz CT molecular complexity index is 786. The highest BCUT2D eigenvalue weighted by molar-refractivity contribution is 5.94. The fraction of sp³-hybridized carbons (Fsp3) is 0.400. The summed E-state index contributed by atoms with van der Waals surface area (Å²) in [6.07, 6.45) is 5.65. The van der Waals surface area contributed by atoms with Gasteiger partial charge in [-0.15, -0.1) is 0 Å². The maximum atomic E-state index is 12.2. The lowest BCUT2D eigenvalue weighted by atomic mass is 9.92. The van der Waals surface area contributed by atoms with Crippen LogP contribution < -0.4 is 14.8 Å². The van der Waals surface area contributed by atoms with E-state index in [1.54, 1.807) is 19.4 Å². The second-order valence-electron chi connectivity index (χ2n) is 6.84. The first-order valence-corrected chi connectivity index (χ1v) is 8.77. The average Bonchev–Trinajstić information content (AvgIpc) is 3.45. The van der Waals surface area contributed by atoms with Crippen LogP contribution >= 0.6 is 0 Å². The third-order valence-electron chi connectivity index (χ3n) is 4.75. The first-order valence-electron chi connectivity index (χ1n) is 8.77. The molecule has 1 aliphatic carbocycles. The van der Waals surface area contributed by atoms with Gasteiger partial charge in [-0.3, -0.25) is 9.78 Å². The summed E-state index contributed by atoms with van der Waals surface area (Å²) in [5, 5.41) is 3.02. The molecule has 0 bridgehead atoms. The molecule has 130 valence electrons. The summed E-state index contributed by atoms with van der Waals surface area (Å²) in [5.41, 5.74) is 2.83. The summed E-state index contributed by atoms with van der Waals surface area (Å²) >= 11 is 0. The van der Waals surface area contributed by atoms with Gasteiger partial charge < -0.3 is 14.8 Å². The Labute approximate surface area is 147 Å². The molecule has 1 atom stereocenters. The molecule has 2 aliphatic rings. The van der Waals surface area contributed by atoms with E-state index >= 15 is 0 Å². The number of benzene rings is 1. The summed E-state index contributed by atoms with van der Waals surface area (Å²) < 4.78 is 11.1. The molecule has 0 unspecified atom stereocenters. The number of rotatable bonds is 5. The van der Waals surface area contributed by atoms with Crippen molar-refractivity contribution < 1.29 is 14.3 Å².